The molecule has 0 amide bonds. The number of piperidine rings is 1. The summed E-state index contributed by atoms with van der Waals surface area (Å²) in [4.78, 5) is 4.92. The molecule has 110 valence electrons. The summed E-state index contributed by atoms with van der Waals surface area (Å²) in [5.41, 5.74) is 0.178. The van der Waals surface area contributed by atoms with Crippen LogP contribution in [0.5, 0.6) is 0 Å². The monoisotopic (exact) mass is 266 g/mol. The van der Waals surface area contributed by atoms with Crippen LogP contribution in [0.3, 0.4) is 0 Å². The fourth-order valence-electron chi connectivity index (χ4n) is 4.46. The Morgan fingerprint density at radius 1 is 1.05 bits per heavy atom. The summed E-state index contributed by atoms with van der Waals surface area (Å²) < 4.78 is 0. The molecule has 0 radical (unpaired) electrons. The van der Waals surface area contributed by atoms with Gasteiger partial charge in [-0.3, -0.25) is 0 Å². The second-order valence-electron chi connectivity index (χ2n) is 7.86. The van der Waals surface area contributed by atoms with Crippen LogP contribution in [0.4, 0.5) is 0 Å². The van der Waals surface area contributed by atoms with Crippen LogP contribution in [-0.2, 0) is 0 Å². The molecule has 0 bridgehead atoms. The van der Waals surface area contributed by atoms with Crippen molar-refractivity contribution in [3.63, 3.8) is 0 Å². The molecule has 0 unspecified atom stereocenters. The molecular formula is C16H30N2O. The van der Waals surface area contributed by atoms with Crippen molar-refractivity contribution in [2.24, 2.45) is 11.3 Å². The topological polar surface area (TPSA) is 26.7 Å². The molecule has 3 rings (SSSR count). The Morgan fingerprint density at radius 2 is 1.63 bits per heavy atom. The van der Waals surface area contributed by atoms with Crippen LogP contribution in [0.1, 0.15) is 45.4 Å². The highest BCUT2D eigenvalue weighted by Gasteiger charge is 2.47. The Bertz CT molecular complexity index is 307. The lowest BCUT2D eigenvalue weighted by molar-refractivity contribution is -0.0981. The van der Waals surface area contributed by atoms with Gasteiger partial charge < -0.3 is 14.9 Å². The molecule has 1 spiro atoms. The summed E-state index contributed by atoms with van der Waals surface area (Å²) in [7, 11) is 2.21. The highest BCUT2D eigenvalue weighted by atomic mass is 16.3. The predicted molar refractivity (Wildman–Crippen MR) is 78.2 cm³/mol. The molecular weight excluding hydrogens is 236 g/mol. The van der Waals surface area contributed by atoms with Gasteiger partial charge in [-0.25, -0.2) is 0 Å². The summed E-state index contributed by atoms with van der Waals surface area (Å²) >= 11 is 0. The lowest BCUT2D eigenvalue weighted by Gasteiger charge is -2.54. The molecule has 3 aliphatic rings. The average molecular weight is 266 g/mol. The standard InChI is InChI=1S/C16H30N2O/c1-14-3-9-18(10-4-14)13-16(19)7-5-15(6-8-16)11-17(2)12-15/h14,19H,3-13H2,1-2H3. The fraction of sp³-hybridized carbons (Fsp3) is 1.00. The maximum atomic E-state index is 10.9. The summed E-state index contributed by atoms with van der Waals surface area (Å²) in [6, 6.07) is 0. The summed E-state index contributed by atoms with van der Waals surface area (Å²) in [6.07, 6.45) is 7.13. The number of nitrogens with zero attached hydrogens (tertiary/aromatic N) is 2. The molecule has 1 N–H and O–H groups in total. The minimum atomic E-state index is -0.389. The van der Waals surface area contributed by atoms with Crippen molar-refractivity contribution in [3.8, 4) is 0 Å². The van der Waals surface area contributed by atoms with Gasteiger partial charge in [-0.15, -0.1) is 0 Å². The molecule has 3 heteroatoms. The van der Waals surface area contributed by atoms with Gasteiger partial charge in [-0.05, 0) is 70.0 Å². The number of hydrogen-bond donors (Lipinski definition) is 1. The summed E-state index contributed by atoms with van der Waals surface area (Å²) in [6.45, 7) is 8.17. The van der Waals surface area contributed by atoms with Crippen LogP contribution in [0.15, 0.2) is 0 Å². The Kier molecular flexibility index (Phi) is 3.65. The van der Waals surface area contributed by atoms with E-state index in [4.69, 9.17) is 0 Å². The number of likely N-dealkylation sites (tertiary alicyclic amines) is 2. The van der Waals surface area contributed by atoms with Crippen LogP contribution in [-0.4, -0.2) is 60.3 Å². The van der Waals surface area contributed by atoms with Gasteiger partial charge >= 0.3 is 0 Å². The molecule has 19 heavy (non-hydrogen) atoms. The fourth-order valence-corrected chi connectivity index (χ4v) is 4.46. The molecule has 0 aromatic rings. The van der Waals surface area contributed by atoms with Crippen molar-refractivity contribution in [2.75, 3.05) is 39.8 Å². The second-order valence-corrected chi connectivity index (χ2v) is 7.86. The number of hydrogen-bond acceptors (Lipinski definition) is 3. The van der Waals surface area contributed by atoms with E-state index in [0.29, 0.717) is 5.41 Å². The van der Waals surface area contributed by atoms with Gasteiger partial charge in [0.25, 0.3) is 0 Å². The van der Waals surface area contributed by atoms with Gasteiger partial charge in [-0.1, -0.05) is 6.92 Å². The van der Waals surface area contributed by atoms with E-state index in [2.05, 4.69) is 23.8 Å². The first kappa shape index (κ1) is 13.8. The van der Waals surface area contributed by atoms with Crippen molar-refractivity contribution in [3.05, 3.63) is 0 Å². The minimum absolute atomic E-state index is 0.389. The van der Waals surface area contributed by atoms with Crippen LogP contribution < -0.4 is 0 Å². The van der Waals surface area contributed by atoms with E-state index in [9.17, 15) is 5.11 Å². The number of aliphatic hydroxyl groups is 1. The molecule has 2 saturated heterocycles. The van der Waals surface area contributed by atoms with Crippen molar-refractivity contribution >= 4 is 0 Å². The van der Waals surface area contributed by atoms with Gasteiger partial charge in [-0.2, -0.15) is 0 Å². The highest BCUT2D eigenvalue weighted by Crippen LogP contribution is 2.46. The van der Waals surface area contributed by atoms with E-state index >= 15 is 0 Å². The number of β-amino-alcohol motifs (C(OH)–C–C–N with tert-alkyl or cyclic N) is 1. The van der Waals surface area contributed by atoms with E-state index in [0.717, 1.165) is 25.3 Å². The first-order chi connectivity index (χ1) is 8.99. The third kappa shape index (κ3) is 2.98. The average Bonchev–Trinajstić information content (AvgIpc) is 2.34. The van der Waals surface area contributed by atoms with Crippen LogP contribution >= 0.6 is 0 Å². The third-order valence-electron chi connectivity index (χ3n) is 5.85. The first-order valence-electron chi connectivity index (χ1n) is 8.12. The van der Waals surface area contributed by atoms with E-state index in [-0.39, 0.29) is 5.60 Å². The molecule has 0 aromatic carbocycles. The zero-order valence-corrected chi connectivity index (χ0v) is 12.7. The Balaban J connectivity index is 1.49. The lowest BCUT2D eigenvalue weighted by atomic mass is 9.64. The molecule has 0 aromatic heterocycles. The quantitative estimate of drug-likeness (QED) is 0.827. The van der Waals surface area contributed by atoms with Gasteiger partial charge in [0.1, 0.15) is 0 Å². The maximum absolute atomic E-state index is 10.9. The van der Waals surface area contributed by atoms with Crippen LogP contribution in [0.2, 0.25) is 0 Å². The van der Waals surface area contributed by atoms with Crippen molar-refractivity contribution in [1.29, 1.82) is 0 Å². The molecule has 1 saturated carbocycles. The third-order valence-corrected chi connectivity index (χ3v) is 5.85. The molecule has 3 nitrogen and oxygen atoms in total. The maximum Gasteiger partial charge on any atom is 0.0774 e. The first-order valence-corrected chi connectivity index (χ1v) is 8.12. The lowest BCUT2D eigenvalue weighted by Crippen LogP contribution is -2.59. The van der Waals surface area contributed by atoms with Crippen molar-refractivity contribution in [2.45, 2.75) is 51.0 Å². The van der Waals surface area contributed by atoms with E-state index < -0.39 is 0 Å². The zero-order valence-electron chi connectivity index (χ0n) is 12.7. The van der Waals surface area contributed by atoms with Crippen molar-refractivity contribution in [1.82, 2.24) is 9.80 Å². The molecule has 3 fully saturated rings. The van der Waals surface area contributed by atoms with Gasteiger partial charge in [0.15, 0.2) is 0 Å². The van der Waals surface area contributed by atoms with Crippen LogP contribution in [0, 0.1) is 11.3 Å². The van der Waals surface area contributed by atoms with Gasteiger partial charge in [0, 0.05) is 19.6 Å². The minimum Gasteiger partial charge on any atom is -0.389 e. The molecule has 2 aliphatic heterocycles. The van der Waals surface area contributed by atoms with E-state index in [1.807, 2.05) is 0 Å². The largest absolute Gasteiger partial charge is 0.389 e. The molecule has 1 aliphatic carbocycles. The highest BCUT2D eigenvalue weighted by molar-refractivity contribution is 5.01. The summed E-state index contributed by atoms with van der Waals surface area (Å²) in [5.74, 6) is 0.881. The normalized spacial score (nSPS) is 32.4. The zero-order chi connectivity index (χ0) is 13.5. The molecule has 2 heterocycles. The smallest absolute Gasteiger partial charge is 0.0774 e. The SMILES string of the molecule is CC1CCN(CC2(O)CCC3(CC2)CN(C)C3)CC1. The predicted octanol–water partition coefficient (Wildman–Crippen LogP) is 1.96. The van der Waals surface area contributed by atoms with Crippen LogP contribution in [0.25, 0.3) is 0 Å². The van der Waals surface area contributed by atoms with E-state index in [1.165, 1.54) is 51.9 Å². The van der Waals surface area contributed by atoms with Gasteiger partial charge in [0.05, 0.1) is 5.60 Å². The van der Waals surface area contributed by atoms with E-state index in [1.54, 1.807) is 0 Å². The molecule has 0 atom stereocenters. The summed E-state index contributed by atoms with van der Waals surface area (Å²) in [5, 5.41) is 10.9. The van der Waals surface area contributed by atoms with Gasteiger partial charge in [0.2, 0.25) is 0 Å². The Labute approximate surface area is 118 Å². The van der Waals surface area contributed by atoms with Crippen molar-refractivity contribution < 1.29 is 5.11 Å². The second kappa shape index (κ2) is 5.01. The Morgan fingerprint density at radius 3 is 2.16 bits per heavy atom. The Hall–Kier alpha value is -0.120. The number of rotatable bonds is 2.